The molecule has 0 aliphatic heterocycles. The number of aromatic nitrogens is 3. The van der Waals surface area contributed by atoms with Crippen LogP contribution in [0.1, 0.15) is 54.1 Å². The van der Waals surface area contributed by atoms with Crippen LogP contribution in [0.15, 0.2) is 237 Å². The molecule has 0 saturated heterocycles. The van der Waals surface area contributed by atoms with Gasteiger partial charge in [-0.2, -0.15) is 0 Å². The smallest absolute Gasteiger partial charge is 0.130 e. The lowest BCUT2D eigenvalue weighted by molar-refractivity contribution is 0.0982. The van der Waals surface area contributed by atoms with Gasteiger partial charge in [0.1, 0.15) is 22.7 Å². The van der Waals surface area contributed by atoms with E-state index in [0.717, 1.165) is 72.6 Å². The highest BCUT2D eigenvalue weighted by molar-refractivity contribution is 6.25. The zero-order chi connectivity index (χ0) is 54.5. The lowest BCUT2D eigenvalue weighted by atomic mass is 9.87. The summed E-state index contributed by atoms with van der Waals surface area (Å²) < 4.78 is 40.5. The number of pyridine rings is 3. The van der Waals surface area contributed by atoms with E-state index in [2.05, 4.69) is 148 Å². The summed E-state index contributed by atoms with van der Waals surface area (Å²) in [5.74, 6) is 1.03. The van der Waals surface area contributed by atoms with E-state index in [1.54, 1.807) is 12.3 Å². The van der Waals surface area contributed by atoms with Crippen LogP contribution >= 0.6 is 0 Å². The predicted molar refractivity (Wildman–Crippen MR) is 315 cm³/mol. The third-order valence-electron chi connectivity index (χ3n) is 14.6. The number of hydrogen-bond acceptors (Lipinski definition) is 5. The van der Waals surface area contributed by atoms with Crippen LogP contribution in [0.5, 0.6) is 11.5 Å². The van der Waals surface area contributed by atoms with Gasteiger partial charge in [0.2, 0.25) is 0 Å². The molecule has 0 unspecified atom stereocenters. The molecule has 368 valence electrons. The summed E-state index contributed by atoms with van der Waals surface area (Å²) in [5.41, 5.74) is 11.5. The van der Waals surface area contributed by atoms with E-state index >= 15 is 0 Å². The molecule has 76 heavy (non-hydrogen) atoms. The van der Waals surface area contributed by atoms with Gasteiger partial charge in [-0.1, -0.05) is 176 Å². The third kappa shape index (κ3) is 9.15. The van der Waals surface area contributed by atoms with Crippen molar-refractivity contribution < 1.29 is 13.6 Å². The summed E-state index contributed by atoms with van der Waals surface area (Å²) in [5, 5.41) is 7.22. The monoisotopic (exact) mass is 986 g/mol. The van der Waals surface area contributed by atoms with Crippen LogP contribution in [0.4, 0.5) is 0 Å². The maximum atomic E-state index is 8.75. The first-order chi connectivity index (χ1) is 38.2. The van der Waals surface area contributed by atoms with Crippen molar-refractivity contribution in [2.75, 3.05) is 0 Å². The van der Waals surface area contributed by atoms with Crippen LogP contribution in [-0.4, -0.2) is 15.0 Å². The minimum Gasteiger partial charge on any atom is -0.483 e. The Labute approximate surface area is 449 Å². The van der Waals surface area contributed by atoms with Crippen molar-refractivity contribution >= 4 is 32.3 Å². The Morgan fingerprint density at radius 1 is 0.329 bits per heavy atom. The molecule has 0 aliphatic rings. The Morgan fingerprint density at radius 3 is 1.28 bits per heavy atom. The molecule has 0 spiro atoms. The van der Waals surface area contributed by atoms with Crippen molar-refractivity contribution in [1.29, 1.82) is 0 Å². The SMILES string of the molecule is [2H]C([2H])([2H])c1cc(-c2ccccc2)ncc1C(C)(C)Oc1cc(OC(C)(C)c2cnc(-c3ccccc3)cc2C)cc(-c2ccccc2-c2cnc(-c3ccccc3)cc2-c2ccc3c4ccccc4c4ccccc4c3c2)c1. The highest BCUT2D eigenvalue weighted by atomic mass is 16.5. The van der Waals surface area contributed by atoms with Gasteiger partial charge >= 0.3 is 0 Å². The van der Waals surface area contributed by atoms with Gasteiger partial charge in [-0.05, 0) is 149 Å². The Kier molecular flexibility index (Phi) is 11.4. The van der Waals surface area contributed by atoms with Crippen molar-refractivity contribution in [3.8, 4) is 78.7 Å². The maximum absolute atomic E-state index is 8.75. The van der Waals surface area contributed by atoms with Crippen molar-refractivity contribution in [2.24, 2.45) is 0 Å². The molecular weight excluding hydrogens is 927 g/mol. The third-order valence-corrected chi connectivity index (χ3v) is 14.6. The van der Waals surface area contributed by atoms with Crippen molar-refractivity contribution in [1.82, 2.24) is 15.0 Å². The van der Waals surface area contributed by atoms with Crippen molar-refractivity contribution in [2.45, 2.75) is 52.7 Å². The van der Waals surface area contributed by atoms with E-state index in [1.807, 2.05) is 111 Å². The molecule has 3 aromatic heterocycles. The van der Waals surface area contributed by atoms with Gasteiger partial charge in [0.15, 0.2) is 0 Å². The molecule has 12 aromatic rings. The molecular formula is C71H57N3O2. The lowest BCUT2D eigenvalue weighted by Gasteiger charge is -2.31. The number of fused-ring (bicyclic) bond motifs is 6. The highest BCUT2D eigenvalue weighted by Crippen LogP contribution is 2.45. The van der Waals surface area contributed by atoms with E-state index in [9.17, 15) is 0 Å². The average Bonchev–Trinajstić information content (AvgIpc) is 3.62. The van der Waals surface area contributed by atoms with Crippen LogP contribution < -0.4 is 9.47 Å². The average molecular weight is 987 g/mol. The summed E-state index contributed by atoms with van der Waals surface area (Å²) >= 11 is 0. The number of aryl methyl sites for hydroxylation is 2. The van der Waals surface area contributed by atoms with E-state index in [1.165, 1.54) is 32.3 Å². The molecule has 0 aliphatic carbocycles. The molecule has 5 nitrogen and oxygen atoms in total. The second kappa shape index (κ2) is 19.6. The maximum Gasteiger partial charge on any atom is 0.130 e. The first-order valence-corrected chi connectivity index (χ1v) is 25.8. The molecule has 9 aromatic carbocycles. The second-order valence-corrected chi connectivity index (χ2v) is 20.5. The summed E-state index contributed by atoms with van der Waals surface area (Å²) in [6.45, 7) is 7.50. The Morgan fingerprint density at radius 2 is 0.750 bits per heavy atom. The Bertz CT molecular complexity index is 4220. The van der Waals surface area contributed by atoms with Crippen molar-refractivity contribution in [3.63, 3.8) is 0 Å². The zero-order valence-corrected chi connectivity index (χ0v) is 43.2. The molecule has 0 fully saturated rings. The fraction of sp³-hybridized carbons (Fsp3) is 0.113. The van der Waals surface area contributed by atoms with E-state index < -0.39 is 18.1 Å². The van der Waals surface area contributed by atoms with Gasteiger partial charge in [-0.3, -0.25) is 15.0 Å². The molecule has 5 heteroatoms. The fourth-order valence-corrected chi connectivity index (χ4v) is 10.9. The molecule has 0 amide bonds. The number of ether oxygens (including phenoxy) is 2. The first-order valence-electron chi connectivity index (χ1n) is 27.3. The topological polar surface area (TPSA) is 57.1 Å². The Hall–Kier alpha value is -9.19. The summed E-state index contributed by atoms with van der Waals surface area (Å²) in [4.78, 5) is 14.9. The lowest BCUT2D eigenvalue weighted by Crippen LogP contribution is -2.28. The van der Waals surface area contributed by atoms with E-state index in [-0.39, 0.29) is 5.56 Å². The molecule has 0 radical (unpaired) electrons. The van der Waals surface area contributed by atoms with Gasteiger partial charge < -0.3 is 9.47 Å². The predicted octanol–water partition coefficient (Wildman–Crippen LogP) is 18.6. The van der Waals surface area contributed by atoms with E-state index in [4.69, 9.17) is 28.5 Å². The first kappa shape index (κ1) is 44.3. The minimum absolute atomic E-state index is 0.168. The van der Waals surface area contributed by atoms with Gasteiger partial charge in [-0.15, -0.1) is 0 Å². The van der Waals surface area contributed by atoms with Crippen LogP contribution in [0, 0.1) is 13.8 Å². The standard InChI is InChI=1S/C71H57N3O2/c1-46-36-67(48-22-10-7-11-23-48)73-44-65(46)70(3,4)75-53-38-52(39-54(41-53)76-71(5,6)66-45-74-68(37-47(66)2)49-24-12-8-13-25-49)55-28-16-17-29-56(55)64-43-72-69(50-26-14-9-15-27-50)42-62(64)51-34-35-61-59-32-19-18-30-57(59)58-31-20-21-33-60(58)63(61)40-51/h7-45H,1-6H3/i1D3. The highest BCUT2D eigenvalue weighted by Gasteiger charge is 2.30. The normalized spacial score (nSPS) is 12.6. The molecule has 0 atom stereocenters. The molecule has 0 N–H and O–H groups in total. The minimum atomic E-state index is -2.46. The van der Waals surface area contributed by atoms with Crippen LogP contribution in [0.25, 0.3) is 99.5 Å². The molecule has 3 heterocycles. The van der Waals surface area contributed by atoms with Crippen LogP contribution in [-0.2, 0) is 11.2 Å². The molecule has 12 rings (SSSR count). The second-order valence-electron chi connectivity index (χ2n) is 20.5. The summed E-state index contributed by atoms with van der Waals surface area (Å²) in [7, 11) is 0. The number of hydrogen-bond donors (Lipinski definition) is 0. The van der Waals surface area contributed by atoms with Crippen molar-refractivity contribution in [3.05, 3.63) is 259 Å². The number of rotatable bonds is 12. The summed E-state index contributed by atoms with van der Waals surface area (Å²) in [6, 6.07) is 74.6. The van der Waals surface area contributed by atoms with Gasteiger partial charge in [0.25, 0.3) is 0 Å². The number of benzene rings is 9. The van der Waals surface area contributed by atoms with Crippen LogP contribution in [0.3, 0.4) is 0 Å². The largest absolute Gasteiger partial charge is 0.483 e. The molecule has 0 bridgehead atoms. The number of nitrogens with zero attached hydrogens (tertiary/aromatic N) is 3. The van der Waals surface area contributed by atoms with Gasteiger partial charge in [0, 0.05) is 62.1 Å². The zero-order valence-electron chi connectivity index (χ0n) is 46.2. The van der Waals surface area contributed by atoms with Gasteiger partial charge in [0.05, 0.1) is 17.1 Å². The fourth-order valence-electron chi connectivity index (χ4n) is 10.9. The summed E-state index contributed by atoms with van der Waals surface area (Å²) in [6.07, 6.45) is 5.55. The molecule has 0 saturated carbocycles. The van der Waals surface area contributed by atoms with Crippen LogP contribution in [0.2, 0.25) is 0 Å². The van der Waals surface area contributed by atoms with E-state index in [0.29, 0.717) is 22.8 Å². The Balaban J connectivity index is 1.02. The quantitative estimate of drug-likeness (QED) is 0.114. The van der Waals surface area contributed by atoms with Gasteiger partial charge in [-0.25, -0.2) is 0 Å².